The maximum absolute atomic E-state index is 6.01. The fourth-order valence-corrected chi connectivity index (χ4v) is 2.52. The lowest BCUT2D eigenvalue weighted by molar-refractivity contribution is 0.638. The van der Waals surface area contributed by atoms with Gasteiger partial charge in [0.2, 0.25) is 0 Å². The summed E-state index contributed by atoms with van der Waals surface area (Å²) in [6, 6.07) is 4.06. The average molecular weight is 322 g/mol. The lowest BCUT2D eigenvalue weighted by Gasteiger charge is -2.13. The first-order valence-corrected chi connectivity index (χ1v) is 6.14. The largest absolute Gasteiger partial charge is 0.397 e. The molecule has 0 fully saturated rings. The minimum Gasteiger partial charge on any atom is -0.397 e. The van der Waals surface area contributed by atoms with Gasteiger partial charge >= 0.3 is 0 Å². The predicted molar refractivity (Wildman–Crippen MR) is 68.1 cm³/mol. The van der Waals surface area contributed by atoms with E-state index in [2.05, 4.69) is 38.8 Å². The summed E-state index contributed by atoms with van der Waals surface area (Å²) in [4.78, 5) is 0. The summed E-state index contributed by atoms with van der Waals surface area (Å²) in [5, 5.41) is 0. The molecule has 0 aliphatic carbocycles. The van der Waals surface area contributed by atoms with Gasteiger partial charge in [0.1, 0.15) is 0 Å². The molecule has 1 rings (SSSR count). The van der Waals surface area contributed by atoms with Crippen LogP contribution in [0.4, 0.5) is 5.69 Å². The molecule has 0 amide bonds. The highest BCUT2D eigenvalue weighted by Crippen LogP contribution is 2.32. The van der Waals surface area contributed by atoms with Crippen molar-refractivity contribution in [2.75, 3.05) is 5.73 Å². The van der Waals surface area contributed by atoms with Crippen LogP contribution in [0.3, 0.4) is 0 Å². The van der Waals surface area contributed by atoms with Gasteiger partial charge in [-0.15, -0.1) is 0 Å². The normalized spacial score (nSPS) is 12.9. The van der Waals surface area contributed by atoms with Crippen LogP contribution >= 0.6 is 31.9 Å². The molecule has 1 atom stereocenters. The number of hydrogen-bond donors (Lipinski definition) is 2. The van der Waals surface area contributed by atoms with Crippen LogP contribution in [0, 0.1) is 0 Å². The third kappa shape index (κ3) is 2.72. The van der Waals surface area contributed by atoms with E-state index in [1.807, 2.05) is 12.1 Å². The van der Waals surface area contributed by atoms with Crippen molar-refractivity contribution in [3.63, 3.8) is 0 Å². The van der Waals surface area contributed by atoms with Crippen molar-refractivity contribution in [1.29, 1.82) is 0 Å². The van der Waals surface area contributed by atoms with Gasteiger partial charge in [-0.25, -0.2) is 0 Å². The van der Waals surface area contributed by atoms with E-state index < -0.39 is 0 Å². The van der Waals surface area contributed by atoms with Gasteiger partial charge in [0.15, 0.2) is 0 Å². The van der Waals surface area contributed by atoms with Gasteiger partial charge in [-0.3, -0.25) is 0 Å². The van der Waals surface area contributed by atoms with Crippen molar-refractivity contribution in [2.45, 2.75) is 25.8 Å². The Morgan fingerprint density at radius 1 is 1.29 bits per heavy atom. The van der Waals surface area contributed by atoms with E-state index in [0.29, 0.717) is 0 Å². The third-order valence-corrected chi connectivity index (χ3v) is 3.44. The molecule has 0 radical (unpaired) electrons. The highest BCUT2D eigenvalue weighted by atomic mass is 79.9. The molecule has 0 saturated heterocycles. The standard InChI is InChI=1S/C10H14Br2N2/c1-2-3-9(13)6-4-7(11)10(14)8(12)5-6/h4-5,9H,2-3,13-14H2,1H3. The SMILES string of the molecule is CCCC(N)c1cc(Br)c(N)c(Br)c1. The lowest BCUT2D eigenvalue weighted by Crippen LogP contribution is -2.10. The van der Waals surface area contributed by atoms with Crippen LogP contribution < -0.4 is 11.5 Å². The van der Waals surface area contributed by atoms with E-state index in [0.717, 1.165) is 33.0 Å². The molecule has 0 heterocycles. The zero-order chi connectivity index (χ0) is 10.7. The van der Waals surface area contributed by atoms with Crippen molar-refractivity contribution < 1.29 is 0 Å². The Hall–Kier alpha value is -0.0600. The van der Waals surface area contributed by atoms with Crippen LogP contribution in [0.15, 0.2) is 21.1 Å². The van der Waals surface area contributed by atoms with E-state index in [1.54, 1.807) is 0 Å². The van der Waals surface area contributed by atoms with Gasteiger partial charge < -0.3 is 11.5 Å². The molecule has 1 aromatic rings. The average Bonchev–Trinajstić information content (AvgIpc) is 2.13. The van der Waals surface area contributed by atoms with Crippen molar-refractivity contribution in [1.82, 2.24) is 0 Å². The molecule has 4 heteroatoms. The quantitative estimate of drug-likeness (QED) is 0.836. The Morgan fingerprint density at radius 2 is 1.79 bits per heavy atom. The summed E-state index contributed by atoms with van der Waals surface area (Å²) in [5.41, 5.74) is 13.6. The molecule has 0 aliphatic heterocycles. The molecular weight excluding hydrogens is 308 g/mol. The summed E-state index contributed by atoms with van der Waals surface area (Å²) >= 11 is 6.81. The zero-order valence-corrected chi connectivity index (χ0v) is 11.2. The van der Waals surface area contributed by atoms with Crippen LogP contribution in [0.25, 0.3) is 0 Å². The number of anilines is 1. The van der Waals surface area contributed by atoms with Gasteiger partial charge in [-0.1, -0.05) is 13.3 Å². The maximum Gasteiger partial charge on any atom is 0.0603 e. The van der Waals surface area contributed by atoms with Crippen LogP contribution in [0.5, 0.6) is 0 Å². The van der Waals surface area contributed by atoms with Gasteiger partial charge in [-0.05, 0) is 56.0 Å². The van der Waals surface area contributed by atoms with E-state index in [1.165, 1.54) is 0 Å². The monoisotopic (exact) mass is 320 g/mol. The van der Waals surface area contributed by atoms with Gasteiger partial charge in [0.05, 0.1) is 5.69 Å². The molecule has 4 N–H and O–H groups in total. The fourth-order valence-electron chi connectivity index (χ4n) is 1.30. The van der Waals surface area contributed by atoms with Crippen LogP contribution in [0.2, 0.25) is 0 Å². The van der Waals surface area contributed by atoms with E-state index in [4.69, 9.17) is 11.5 Å². The second kappa shape index (κ2) is 5.14. The minimum atomic E-state index is 0.0909. The van der Waals surface area contributed by atoms with Gasteiger partial charge in [0.25, 0.3) is 0 Å². The van der Waals surface area contributed by atoms with Crippen molar-refractivity contribution in [3.8, 4) is 0 Å². The van der Waals surface area contributed by atoms with Crippen LogP contribution in [0.1, 0.15) is 31.4 Å². The molecule has 1 unspecified atom stereocenters. The summed E-state index contributed by atoms with van der Waals surface area (Å²) in [6.07, 6.45) is 2.07. The molecule has 2 nitrogen and oxygen atoms in total. The molecule has 1 aromatic carbocycles. The Balaban J connectivity index is 3.00. The smallest absolute Gasteiger partial charge is 0.0603 e. The number of nitrogens with two attached hydrogens (primary N) is 2. The number of hydrogen-bond acceptors (Lipinski definition) is 2. The lowest BCUT2D eigenvalue weighted by atomic mass is 10.0. The number of benzene rings is 1. The second-order valence-electron chi connectivity index (χ2n) is 3.29. The summed E-state index contributed by atoms with van der Waals surface area (Å²) in [6.45, 7) is 2.13. The highest BCUT2D eigenvalue weighted by Gasteiger charge is 2.09. The van der Waals surface area contributed by atoms with E-state index >= 15 is 0 Å². The van der Waals surface area contributed by atoms with Crippen molar-refractivity contribution in [2.24, 2.45) is 5.73 Å². The van der Waals surface area contributed by atoms with E-state index in [9.17, 15) is 0 Å². The molecule has 14 heavy (non-hydrogen) atoms. The molecule has 0 aromatic heterocycles. The molecule has 0 saturated carbocycles. The number of rotatable bonds is 3. The molecule has 0 spiro atoms. The van der Waals surface area contributed by atoms with Crippen molar-refractivity contribution >= 4 is 37.5 Å². The maximum atomic E-state index is 6.01. The Labute approximate surface area is 101 Å². The number of halogens is 2. The highest BCUT2D eigenvalue weighted by molar-refractivity contribution is 9.11. The first-order chi connectivity index (χ1) is 6.56. The topological polar surface area (TPSA) is 52.0 Å². The predicted octanol–water partition coefficient (Wildman–Crippen LogP) is 3.59. The van der Waals surface area contributed by atoms with Crippen LogP contribution in [-0.2, 0) is 0 Å². The third-order valence-electron chi connectivity index (χ3n) is 2.13. The van der Waals surface area contributed by atoms with E-state index in [-0.39, 0.29) is 6.04 Å². The zero-order valence-electron chi connectivity index (χ0n) is 8.06. The first kappa shape index (κ1) is 12.0. The Bertz CT molecular complexity index is 303. The minimum absolute atomic E-state index is 0.0909. The summed E-state index contributed by atoms with van der Waals surface area (Å²) in [7, 11) is 0. The van der Waals surface area contributed by atoms with Gasteiger partial charge in [-0.2, -0.15) is 0 Å². The molecule has 0 aliphatic rings. The molecular formula is C10H14Br2N2. The van der Waals surface area contributed by atoms with Crippen molar-refractivity contribution in [3.05, 3.63) is 26.6 Å². The Morgan fingerprint density at radius 3 is 2.21 bits per heavy atom. The summed E-state index contributed by atoms with van der Waals surface area (Å²) in [5.74, 6) is 0. The summed E-state index contributed by atoms with van der Waals surface area (Å²) < 4.78 is 1.79. The van der Waals surface area contributed by atoms with Gasteiger partial charge in [0, 0.05) is 15.0 Å². The Kier molecular flexibility index (Phi) is 4.41. The molecule has 0 bridgehead atoms. The molecule has 78 valence electrons. The van der Waals surface area contributed by atoms with Crippen LogP contribution in [-0.4, -0.2) is 0 Å². The first-order valence-electron chi connectivity index (χ1n) is 4.56. The second-order valence-corrected chi connectivity index (χ2v) is 5.00. The fraction of sp³-hybridized carbons (Fsp3) is 0.400. The number of nitrogen functional groups attached to an aromatic ring is 1.